The lowest BCUT2D eigenvalue weighted by molar-refractivity contribution is 1.18. The fourth-order valence-corrected chi connectivity index (χ4v) is 2.64. The summed E-state index contributed by atoms with van der Waals surface area (Å²) in [6.07, 6.45) is 5.25. The molecule has 0 aliphatic heterocycles. The quantitative estimate of drug-likeness (QED) is 0.749. The van der Waals surface area contributed by atoms with Gasteiger partial charge in [-0.25, -0.2) is 0 Å². The van der Waals surface area contributed by atoms with Gasteiger partial charge in [-0.3, -0.25) is 4.98 Å². The van der Waals surface area contributed by atoms with E-state index in [4.69, 9.17) is 0 Å². The highest BCUT2D eigenvalue weighted by Gasteiger charge is 2.12. The van der Waals surface area contributed by atoms with E-state index in [0.29, 0.717) is 5.56 Å². The van der Waals surface area contributed by atoms with Crippen molar-refractivity contribution in [2.45, 2.75) is 13.8 Å². The molecule has 1 aromatic carbocycles. The van der Waals surface area contributed by atoms with Gasteiger partial charge in [-0.15, -0.1) is 0 Å². The number of anilines is 2. The minimum absolute atomic E-state index is 0.508. The van der Waals surface area contributed by atoms with Crippen LogP contribution in [0.1, 0.15) is 22.4 Å². The number of aromatic nitrogens is 2. The minimum atomic E-state index is 0.508. The Bertz CT molecular complexity index is 913. The SMILES string of the molecule is C=Cc1c(C)ncc(C#N)c1Nc1ccc2[nH]ccc2c1C. The van der Waals surface area contributed by atoms with Crippen molar-refractivity contribution in [3.63, 3.8) is 0 Å². The summed E-state index contributed by atoms with van der Waals surface area (Å²) in [6, 6.07) is 8.28. The van der Waals surface area contributed by atoms with E-state index >= 15 is 0 Å². The Kier molecular flexibility index (Phi) is 3.40. The van der Waals surface area contributed by atoms with Crippen molar-refractivity contribution in [3.8, 4) is 6.07 Å². The van der Waals surface area contributed by atoms with Gasteiger partial charge in [0.1, 0.15) is 6.07 Å². The first-order chi connectivity index (χ1) is 10.7. The molecule has 0 bridgehead atoms. The molecule has 3 aromatic rings. The first kappa shape index (κ1) is 13.9. The number of rotatable bonds is 3. The molecule has 0 radical (unpaired) electrons. The number of benzene rings is 1. The third-order valence-corrected chi connectivity index (χ3v) is 3.90. The van der Waals surface area contributed by atoms with Gasteiger partial charge in [0, 0.05) is 40.2 Å². The van der Waals surface area contributed by atoms with E-state index in [1.165, 1.54) is 0 Å². The van der Waals surface area contributed by atoms with Crippen LogP contribution in [0.4, 0.5) is 11.4 Å². The number of nitriles is 1. The fourth-order valence-electron chi connectivity index (χ4n) is 2.64. The van der Waals surface area contributed by atoms with E-state index in [1.54, 1.807) is 12.3 Å². The Morgan fingerprint density at radius 3 is 2.86 bits per heavy atom. The molecule has 0 fully saturated rings. The molecule has 0 spiro atoms. The van der Waals surface area contributed by atoms with Crippen molar-refractivity contribution in [2.24, 2.45) is 0 Å². The van der Waals surface area contributed by atoms with Crippen LogP contribution < -0.4 is 5.32 Å². The first-order valence-electron chi connectivity index (χ1n) is 7.01. The summed E-state index contributed by atoms with van der Waals surface area (Å²) < 4.78 is 0. The van der Waals surface area contributed by atoms with Crippen molar-refractivity contribution in [3.05, 3.63) is 59.6 Å². The molecule has 4 nitrogen and oxygen atoms in total. The summed E-state index contributed by atoms with van der Waals surface area (Å²) in [6.45, 7) is 7.81. The number of hydrogen-bond donors (Lipinski definition) is 2. The second-order valence-electron chi connectivity index (χ2n) is 5.16. The normalized spacial score (nSPS) is 10.4. The molecule has 2 N–H and O–H groups in total. The average molecular weight is 288 g/mol. The maximum atomic E-state index is 9.35. The molecule has 4 heteroatoms. The van der Waals surface area contributed by atoms with Gasteiger partial charge >= 0.3 is 0 Å². The number of nitrogens with one attached hydrogen (secondary N) is 2. The van der Waals surface area contributed by atoms with Gasteiger partial charge in [0.05, 0.1) is 11.3 Å². The van der Waals surface area contributed by atoms with Gasteiger partial charge in [0.25, 0.3) is 0 Å². The first-order valence-corrected chi connectivity index (χ1v) is 7.01. The standard InChI is InChI=1S/C18H16N4/c1-4-14-12(3)21-10-13(9-19)18(14)22-16-5-6-17-15(11(16)2)7-8-20-17/h4-8,10,20H,1H2,2-3H3,(H,21,22). The lowest BCUT2D eigenvalue weighted by Crippen LogP contribution is -2.01. The molecule has 0 aliphatic carbocycles. The summed E-state index contributed by atoms with van der Waals surface area (Å²) in [4.78, 5) is 7.45. The molecule has 108 valence electrons. The van der Waals surface area contributed by atoms with Crippen LogP contribution in [0.2, 0.25) is 0 Å². The monoisotopic (exact) mass is 288 g/mol. The number of nitrogens with zero attached hydrogens (tertiary/aromatic N) is 2. The molecule has 0 amide bonds. The zero-order chi connectivity index (χ0) is 15.7. The third kappa shape index (κ3) is 2.13. The molecule has 0 atom stereocenters. The van der Waals surface area contributed by atoms with Crippen LogP contribution in [-0.4, -0.2) is 9.97 Å². The van der Waals surface area contributed by atoms with E-state index in [9.17, 15) is 5.26 Å². The maximum Gasteiger partial charge on any atom is 0.103 e. The Morgan fingerprint density at radius 2 is 2.14 bits per heavy atom. The van der Waals surface area contributed by atoms with Gasteiger partial charge in [0.15, 0.2) is 0 Å². The average Bonchev–Trinajstić information content (AvgIpc) is 3.00. The molecular formula is C18H16N4. The van der Waals surface area contributed by atoms with Crippen LogP contribution in [0.5, 0.6) is 0 Å². The van der Waals surface area contributed by atoms with Gasteiger partial charge in [-0.1, -0.05) is 12.7 Å². The molecule has 2 aromatic heterocycles. The molecular weight excluding hydrogens is 272 g/mol. The van der Waals surface area contributed by atoms with Crippen LogP contribution in [0.25, 0.3) is 17.0 Å². The summed E-state index contributed by atoms with van der Waals surface area (Å²) in [7, 11) is 0. The maximum absolute atomic E-state index is 9.35. The van der Waals surface area contributed by atoms with Crippen molar-refractivity contribution in [1.82, 2.24) is 9.97 Å². The lowest BCUT2D eigenvalue weighted by atomic mass is 10.1. The van der Waals surface area contributed by atoms with Crippen molar-refractivity contribution >= 4 is 28.4 Å². The summed E-state index contributed by atoms with van der Waals surface area (Å²) >= 11 is 0. The van der Waals surface area contributed by atoms with Crippen LogP contribution >= 0.6 is 0 Å². The van der Waals surface area contributed by atoms with Crippen molar-refractivity contribution in [2.75, 3.05) is 5.32 Å². The van der Waals surface area contributed by atoms with E-state index < -0.39 is 0 Å². The van der Waals surface area contributed by atoms with Crippen LogP contribution in [0, 0.1) is 25.2 Å². The fraction of sp³-hybridized carbons (Fsp3) is 0.111. The zero-order valence-corrected chi connectivity index (χ0v) is 12.6. The number of hydrogen-bond acceptors (Lipinski definition) is 3. The van der Waals surface area contributed by atoms with E-state index in [-0.39, 0.29) is 0 Å². The molecule has 0 unspecified atom stereocenters. The predicted molar refractivity (Wildman–Crippen MR) is 90.1 cm³/mol. The largest absolute Gasteiger partial charge is 0.361 e. The lowest BCUT2D eigenvalue weighted by Gasteiger charge is -2.15. The molecule has 0 saturated carbocycles. The summed E-state index contributed by atoms with van der Waals surface area (Å²) in [5.41, 5.74) is 6.16. The minimum Gasteiger partial charge on any atom is -0.361 e. The van der Waals surface area contributed by atoms with Gasteiger partial charge in [-0.2, -0.15) is 5.26 Å². The van der Waals surface area contributed by atoms with Gasteiger partial charge in [0.2, 0.25) is 0 Å². The highest BCUT2D eigenvalue weighted by Crippen LogP contribution is 2.31. The number of aryl methyl sites for hydroxylation is 2. The van der Waals surface area contributed by atoms with Crippen LogP contribution in [0.15, 0.2) is 37.2 Å². The summed E-state index contributed by atoms with van der Waals surface area (Å²) in [5, 5.41) is 13.9. The highest BCUT2D eigenvalue weighted by molar-refractivity contribution is 5.90. The van der Waals surface area contributed by atoms with E-state index in [0.717, 1.165) is 39.1 Å². The Balaban J connectivity index is 2.16. The van der Waals surface area contributed by atoms with Crippen LogP contribution in [-0.2, 0) is 0 Å². The molecule has 3 rings (SSSR count). The smallest absolute Gasteiger partial charge is 0.103 e. The second-order valence-corrected chi connectivity index (χ2v) is 5.16. The van der Waals surface area contributed by atoms with Crippen molar-refractivity contribution in [1.29, 1.82) is 5.26 Å². The molecule has 0 saturated heterocycles. The summed E-state index contributed by atoms with van der Waals surface area (Å²) in [5.74, 6) is 0. The zero-order valence-electron chi connectivity index (χ0n) is 12.6. The van der Waals surface area contributed by atoms with Gasteiger partial charge in [-0.05, 0) is 37.6 Å². The Labute approximate surface area is 129 Å². The molecule has 2 heterocycles. The van der Waals surface area contributed by atoms with E-state index in [2.05, 4.69) is 34.9 Å². The number of fused-ring (bicyclic) bond motifs is 1. The Morgan fingerprint density at radius 1 is 1.32 bits per heavy atom. The molecule has 0 aliphatic rings. The predicted octanol–water partition coefficient (Wildman–Crippen LogP) is 4.44. The number of H-pyrrole nitrogens is 1. The second kappa shape index (κ2) is 5.38. The van der Waals surface area contributed by atoms with E-state index in [1.807, 2.05) is 31.3 Å². The Hall–Kier alpha value is -3.06. The topological polar surface area (TPSA) is 64.5 Å². The number of pyridine rings is 1. The third-order valence-electron chi connectivity index (χ3n) is 3.90. The number of aromatic amines is 1. The molecule has 22 heavy (non-hydrogen) atoms. The van der Waals surface area contributed by atoms with Gasteiger partial charge < -0.3 is 10.3 Å². The van der Waals surface area contributed by atoms with Crippen molar-refractivity contribution < 1.29 is 0 Å². The highest BCUT2D eigenvalue weighted by atomic mass is 14.9. The van der Waals surface area contributed by atoms with Crippen LogP contribution in [0.3, 0.4) is 0 Å².